The molecule has 2 heterocycles. The molecule has 0 amide bonds. The summed E-state index contributed by atoms with van der Waals surface area (Å²) in [6.07, 6.45) is 1.69. The Balaban J connectivity index is 0. The first kappa shape index (κ1) is 16.6. The number of carbonyl (C=O) groups is 1. The van der Waals surface area contributed by atoms with Crippen molar-refractivity contribution in [3.05, 3.63) is 42.2 Å². The predicted octanol–water partition coefficient (Wildman–Crippen LogP) is -4.34. The number of hydrogen-bond donors (Lipinski definition) is 0. The quantitative estimate of drug-likeness (QED) is 0.452. The first-order valence-electron chi connectivity index (χ1n) is 3.56. The van der Waals surface area contributed by atoms with Gasteiger partial charge in [-0.25, -0.2) is 0 Å². The first-order chi connectivity index (χ1) is 5.79. The van der Waals surface area contributed by atoms with E-state index in [2.05, 4.69) is 0 Å². The molecule has 76 valence electrons. The van der Waals surface area contributed by atoms with Crippen LogP contribution in [0.1, 0.15) is 10.5 Å². The Morgan fingerprint density at radius 3 is 2.40 bits per heavy atom. The third-order valence-corrected chi connectivity index (χ3v) is 1.77. The van der Waals surface area contributed by atoms with Crippen LogP contribution in [0, 0.1) is 0 Å². The van der Waals surface area contributed by atoms with Crippen molar-refractivity contribution in [2.75, 3.05) is 0 Å². The van der Waals surface area contributed by atoms with E-state index in [0.29, 0.717) is 0 Å². The van der Waals surface area contributed by atoms with Gasteiger partial charge in [0, 0.05) is 11.7 Å². The van der Waals surface area contributed by atoms with Crippen LogP contribution in [-0.4, -0.2) is 21.3 Å². The summed E-state index contributed by atoms with van der Waals surface area (Å²) in [5.41, 5.74) is 1.04. The summed E-state index contributed by atoms with van der Waals surface area (Å²) in [6.45, 7) is 0. The average Bonchev–Trinajstić information content (AvgIpc) is 2.47. The predicted molar refractivity (Wildman–Crippen MR) is 49.0 cm³/mol. The van der Waals surface area contributed by atoms with Crippen molar-refractivity contribution < 1.29 is 50.4 Å². The minimum Gasteiger partial charge on any atom is -0.543 e. The molecule has 6 heteroatoms. The fraction of sp³-hybridized carbons (Fsp3) is 0. The topological polar surface area (TPSA) is 108 Å². The average molecular weight is 219 g/mol. The second kappa shape index (κ2) is 6.60. The number of fused-ring (bicyclic) bond motifs is 1. The SMILES string of the molecule is O.O.O=C([O-])c1ccc2ccccn12.[Na+]. The van der Waals surface area contributed by atoms with E-state index in [0.717, 1.165) is 5.52 Å². The molecule has 0 radical (unpaired) electrons. The standard InChI is InChI=1S/C9H7NO2.Na.2H2O/c11-9(12)8-5-4-7-3-1-2-6-10(7)8;;;/h1-6H,(H,11,12);;2*1H2/q;+1;;/p-1. The minimum absolute atomic E-state index is 0. The van der Waals surface area contributed by atoms with Crippen molar-refractivity contribution in [1.82, 2.24) is 4.40 Å². The van der Waals surface area contributed by atoms with Gasteiger partial charge < -0.3 is 25.3 Å². The van der Waals surface area contributed by atoms with E-state index >= 15 is 0 Å². The molecular weight excluding hydrogens is 209 g/mol. The zero-order valence-corrected chi connectivity index (χ0v) is 10.2. The van der Waals surface area contributed by atoms with Gasteiger partial charge in [-0.3, -0.25) is 0 Å². The smallest absolute Gasteiger partial charge is 0.543 e. The van der Waals surface area contributed by atoms with E-state index in [4.69, 9.17) is 0 Å². The van der Waals surface area contributed by atoms with Crippen LogP contribution in [0.4, 0.5) is 0 Å². The summed E-state index contributed by atoms with van der Waals surface area (Å²) < 4.78 is 1.58. The van der Waals surface area contributed by atoms with Crippen LogP contribution in [0.3, 0.4) is 0 Å². The van der Waals surface area contributed by atoms with E-state index < -0.39 is 5.97 Å². The molecule has 4 N–H and O–H groups in total. The third kappa shape index (κ3) is 3.05. The van der Waals surface area contributed by atoms with E-state index in [-0.39, 0.29) is 46.2 Å². The maximum absolute atomic E-state index is 10.5. The molecule has 5 nitrogen and oxygen atoms in total. The second-order valence-electron chi connectivity index (χ2n) is 2.50. The fourth-order valence-electron chi connectivity index (χ4n) is 1.22. The van der Waals surface area contributed by atoms with Gasteiger partial charge in [0.05, 0.1) is 11.7 Å². The van der Waals surface area contributed by atoms with Crippen molar-refractivity contribution in [2.24, 2.45) is 0 Å². The van der Waals surface area contributed by atoms with Crippen LogP contribution < -0.4 is 34.7 Å². The van der Waals surface area contributed by atoms with Crippen LogP contribution in [0.25, 0.3) is 5.52 Å². The van der Waals surface area contributed by atoms with Crippen LogP contribution >= 0.6 is 0 Å². The monoisotopic (exact) mass is 219 g/mol. The summed E-state index contributed by atoms with van der Waals surface area (Å²) in [5, 5.41) is 10.5. The molecule has 2 rings (SSSR count). The third-order valence-electron chi connectivity index (χ3n) is 1.77. The second-order valence-corrected chi connectivity index (χ2v) is 2.50. The van der Waals surface area contributed by atoms with Gasteiger partial charge in [0.1, 0.15) is 0 Å². The van der Waals surface area contributed by atoms with Gasteiger partial charge in [-0.05, 0) is 24.3 Å². The maximum atomic E-state index is 10.5. The normalized spacial score (nSPS) is 8.27. The van der Waals surface area contributed by atoms with E-state index in [1.54, 1.807) is 22.7 Å². The number of rotatable bonds is 1. The molecule has 0 aliphatic rings. The molecule has 0 saturated carbocycles. The summed E-state index contributed by atoms with van der Waals surface area (Å²) >= 11 is 0. The zero-order valence-electron chi connectivity index (χ0n) is 8.23. The summed E-state index contributed by atoms with van der Waals surface area (Å²) in [7, 11) is 0. The van der Waals surface area contributed by atoms with Crippen molar-refractivity contribution >= 4 is 11.5 Å². The summed E-state index contributed by atoms with van der Waals surface area (Å²) in [6, 6.07) is 8.75. The molecule has 0 unspecified atom stereocenters. The maximum Gasteiger partial charge on any atom is 1.00 e. The fourth-order valence-corrected chi connectivity index (χ4v) is 1.22. The largest absolute Gasteiger partial charge is 1.00 e. The van der Waals surface area contributed by atoms with Gasteiger partial charge in [0.25, 0.3) is 0 Å². The number of aromatic nitrogens is 1. The zero-order chi connectivity index (χ0) is 8.55. The van der Waals surface area contributed by atoms with Crippen molar-refractivity contribution in [3.8, 4) is 0 Å². The summed E-state index contributed by atoms with van der Waals surface area (Å²) in [4.78, 5) is 10.5. The van der Waals surface area contributed by atoms with Crippen molar-refractivity contribution in [2.45, 2.75) is 0 Å². The van der Waals surface area contributed by atoms with Gasteiger partial charge >= 0.3 is 29.6 Å². The van der Waals surface area contributed by atoms with Crippen LogP contribution in [0.5, 0.6) is 0 Å². The summed E-state index contributed by atoms with van der Waals surface area (Å²) in [5.74, 6) is -1.15. The van der Waals surface area contributed by atoms with E-state index in [1.807, 2.05) is 12.1 Å². The molecule has 0 spiro atoms. The Bertz CT molecular complexity index is 440. The molecule has 0 atom stereocenters. The van der Waals surface area contributed by atoms with Crippen LogP contribution in [0.2, 0.25) is 0 Å². The molecule has 0 saturated heterocycles. The molecule has 0 fully saturated rings. The van der Waals surface area contributed by atoms with Gasteiger partial charge in [0.15, 0.2) is 0 Å². The minimum atomic E-state index is -1.15. The first-order valence-corrected chi connectivity index (χ1v) is 3.56. The number of carbonyl (C=O) groups excluding carboxylic acids is 1. The van der Waals surface area contributed by atoms with E-state index in [1.165, 1.54) is 6.07 Å². The van der Waals surface area contributed by atoms with Crippen LogP contribution in [0.15, 0.2) is 36.5 Å². The molecule has 2 aromatic heterocycles. The molecule has 0 bridgehead atoms. The number of carboxylic acid groups (broad SMARTS) is 1. The van der Waals surface area contributed by atoms with Gasteiger partial charge in [-0.15, -0.1) is 0 Å². The number of pyridine rings is 1. The molecule has 2 aromatic rings. The van der Waals surface area contributed by atoms with Gasteiger partial charge in [0.2, 0.25) is 0 Å². The van der Waals surface area contributed by atoms with E-state index in [9.17, 15) is 9.90 Å². The van der Waals surface area contributed by atoms with Gasteiger partial charge in [-0.1, -0.05) is 6.07 Å². The Morgan fingerprint density at radius 2 is 1.80 bits per heavy atom. The Hall–Kier alpha value is -0.850. The number of aromatic carboxylic acids is 1. The van der Waals surface area contributed by atoms with Crippen molar-refractivity contribution in [1.29, 1.82) is 0 Å². The molecule has 0 aliphatic carbocycles. The molecule has 0 aliphatic heterocycles. The number of hydrogen-bond acceptors (Lipinski definition) is 2. The Labute approximate surface area is 108 Å². The number of carboxylic acids is 1. The van der Waals surface area contributed by atoms with Gasteiger partial charge in [-0.2, -0.15) is 0 Å². The molecule has 15 heavy (non-hydrogen) atoms. The molecular formula is C9H10NNaO4. The molecule has 0 aromatic carbocycles. The Kier molecular flexibility index (Phi) is 7.29. The van der Waals surface area contributed by atoms with Crippen LogP contribution in [-0.2, 0) is 0 Å². The Morgan fingerprint density at radius 1 is 1.13 bits per heavy atom. The number of nitrogens with zero attached hydrogens (tertiary/aromatic N) is 1. The van der Waals surface area contributed by atoms with Crippen molar-refractivity contribution in [3.63, 3.8) is 0 Å².